The van der Waals surface area contributed by atoms with Gasteiger partial charge >= 0.3 is 0 Å². The summed E-state index contributed by atoms with van der Waals surface area (Å²) in [7, 11) is 0. The van der Waals surface area contributed by atoms with Gasteiger partial charge in [0.1, 0.15) is 12.4 Å². The highest BCUT2D eigenvalue weighted by Gasteiger charge is 2.24. The predicted octanol–water partition coefficient (Wildman–Crippen LogP) is 2.59. The number of anilines is 1. The van der Waals surface area contributed by atoms with E-state index in [2.05, 4.69) is 10.3 Å². The van der Waals surface area contributed by atoms with Crippen molar-refractivity contribution in [3.63, 3.8) is 0 Å². The molecule has 5 nitrogen and oxygen atoms in total. The third kappa shape index (κ3) is 2.72. The number of nitrogens with zero attached hydrogens (tertiary/aromatic N) is 4. The minimum Gasteiger partial charge on any atom is -0.308 e. The smallest absolute Gasteiger partial charge is 0.234 e. The van der Waals surface area contributed by atoms with Gasteiger partial charge in [0, 0.05) is 0 Å². The van der Waals surface area contributed by atoms with Gasteiger partial charge in [-0.3, -0.25) is 0 Å². The Labute approximate surface area is 105 Å². The lowest BCUT2D eigenvalue weighted by Crippen LogP contribution is -2.48. The van der Waals surface area contributed by atoms with Crippen molar-refractivity contribution in [2.45, 2.75) is 13.1 Å². The average Bonchev–Trinajstić information content (AvgIpc) is 2.29. The average molecular weight is 258 g/mol. The monoisotopic (exact) mass is 257 g/mol. The SMILES string of the molecule is CC(N)N1N=NC=C(F)N1c1ccccc1.Cl. The second kappa shape index (κ2) is 5.60. The first kappa shape index (κ1) is 13.4. The Kier molecular flexibility index (Phi) is 4.42. The fraction of sp³-hybridized carbons (Fsp3) is 0.200. The Morgan fingerprint density at radius 2 is 1.94 bits per heavy atom. The number of benzene rings is 1. The third-order valence-corrected chi connectivity index (χ3v) is 2.08. The maximum atomic E-state index is 13.7. The van der Waals surface area contributed by atoms with Gasteiger partial charge in [-0.25, -0.2) is 5.01 Å². The molecule has 17 heavy (non-hydrogen) atoms. The van der Waals surface area contributed by atoms with Gasteiger partial charge in [-0.1, -0.05) is 18.2 Å². The first-order valence-electron chi connectivity index (χ1n) is 4.86. The van der Waals surface area contributed by atoms with E-state index in [1.807, 2.05) is 18.2 Å². The van der Waals surface area contributed by atoms with Crippen LogP contribution in [0.3, 0.4) is 0 Å². The van der Waals surface area contributed by atoms with Crippen molar-refractivity contribution in [1.82, 2.24) is 5.12 Å². The molecule has 0 spiro atoms. The van der Waals surface area contributed by atoms with Crippen LogP contribution in [0.25, 0.3) is 0 Å². The molecule has 1 aliphatic rings. The maximum Gasteiger partial charge on any atom is 0.234 e. The molecule has 1 unspecified atom stereocenters. The van der Waals surface area contributed by atoms with Crippen molar-refractivity contribution >= 4 is 18.1 Å². The van der Waals surface area contributed by atoms with Crippen molar-refractivity contribution in [2.75, 3.05) is 5.01 Å². The number of halogens is 2. The standard InChI is InChI=1S/C10H12FN5.ClH/c1-8(12)16-14-13-7-10(11)15(16)9-5-3-2-4-6-9;/h2-8H,12H2,1H3;1H. The largest absolute Gasteiger partial charge is 0.308 e. The van der Waals surface area contributed by atoms with Crippen LogP contribution in [-0.4, -0.2) is 11.3 Å². The normalized spacial score (nSPS) is 16.3. The van der Waals surface area contributed by atoms with Crippen LogP contribution in [0.1, 0.15) is 6.92 Å². The Bertz CT molecular complexity index is 420. The number of hydrogen-bond donors (Lipinski definition) is 1. The minimum atomic E-state index is -0.515. The van der Waals surface area contributed by atoms with E-state index in [1.165, 1.54) is 10.1 Å². The summed E-state index contributed by atoms with van der Waals surface area (Å²) >= 11 is 0. The summed E-state index contributed by atoms with van der Waals surface area (Å²) in [5.74, 6) is -0.515. The first-order valence-corrected chi connectivity index (χ1v) is 4.86. The van der Waals surface area contributed by atoms with Gasteiger partial charge in [0.15, 0.2) is 0 Å². The summed E-state index contributed by atoms with van der Waals surface area (Å²) in [6.45, 7) is 1.70. The maximum absolute atomic E-state index is 13.7. The fourth-order valence-electron chi connectivity index (χ4n) is 1.39. The number of nitrogens with two attached hydrogens (primary N) is 1. The molecular weight excluding hydrogens is 245 g/mol. The molecule has 1 heterocycles. The van der Waals surface area contributed by atoms with Crippen LogP contribution in [0.2, 0.25) is 0 Å². The molecule has 1 aromatic carbocycles. The Morgan fingerprint density at radius 1 is 1.29 bits per heavy atom. The zero-order valence-corrected chi connectivity index (χ0v) is 10.0. The molecule has 0 bridgehead atoms. The van der Waals surface area contributed by atoms with Gasteiger partial charge in [0.25, 0.3) is 0 Å². The van der Waals surface area contributed by atoms with Gasteiger partial charge in [-0.15, -0.1) is 17.5 Å². The van der Waals surface area contributed by atoms with Crippen LogP contribution in [0, 0.1) is 0 Å². The van der Waals surface area contributed by atoms with Crippen LogP contribution < -0.4 is 10.7 Å². The summed E-state index contributed by atoms with van der Waals surface area (Å²) in [6, 6.07) is 9.02. The number of hydrazine groups is 1. The highest BCUT2D eigenvalue weighted by Crippen LogP contribution is 2.25. The zero-order chi connectivity index (χ0) is 11.5. The molecule has 7 heteroatoms. The van der Waals surface area contributed by atoms with Crippen LogP contribution in [0.4, 0.5) is 10.1 Å². The second-order valence-electron chi connectivity index (χ2n) is 3.37. The summed E-state index contributed by atoms with van der Waals surface area (Å²) in [5.41, 5.74) is 6.34. The van der Waals surface area contributed by atoms with E-state index in [0.717, 1.165) is 6.20 Å². The van der Waals surface area contributed by atoms with E-state index < -0.39 is 12.1 Å². The minimum absolute atomic E-state index is 0. The number of hydrogen-bond acceptors (Lipinski definition) is 5. The van der Waals surface area contributed by atoms with Gasteiger partial charge in [-0.05, 0) is 24.3 Å². The lowest BCUT2D eigenvalue weighted by Gasteiger charge is -2.35. The van der Waals surface area contributed by atoms with E-state index in [4.69, 9.17) is 5.73 Å². The molecule has 0 aliphatic carbocycles. The zero-order valence-electron chi connectivity index (χ0n) is 9.19. The lowest BCUT2D eigenvalue weighted by atomic mass is 10.3. The van der Waals surface area contributed by atoms with E-state index >= 15 is 0 Å². The van der Waals surface area contributed by atoms with Crippen LogP contribution in [0.5, 0.6) is 0 Å². The molecule has 0 saturated heterocycles. The Balaban J connectivity index is 0.00000144. The molecule has 0 fully saturated rings. The van der Waals surface area contributed by atoms with Crippen LogP contribution >= 0.6 is 12.4 Å². The molecule has 1 atom stereocenters. The van der Waals surface area contributed by atoms with Gasteiger partial charge in [0.05, 0.1) is 5.69 Å². The van der Waals surface area contributed by atoms with Gasteiger partial charge in [0.2, 0.25) is 5.95 Å². The molecule has 0 radical (unpaired) electrons. The van der Waals surface area contributed by atoms with Gasteiger partial charge < -0.3 is 5.73 Å². The fourth-order valence-corrected chi connectivity index (χ4v) is 1.39. The summed E-state index contributed by atoms with van der Waals surface area (Å²) in [5, 5.41) is 9.87. The summed E-state index contributed by atoms with van der Waals surface area (Å²) in [4.78, 5) is 0. The Morgan fingerprint density at radius 3 is 2.53 bits per heavy atom. The van der Waals surface area contributed by atoms with Crippen LogP contribution in [-0.2, 0) is 0 Å². The van der Waals surface area contributed by atoms with Crippen molar-refractivity contribution in [2.24, 2.45) is 16.1 Å². The molecular formula is C10H13ClFN5. The summed E-state index contributed by atoms with van der Waals surface area (Å²) in [6.07, 6.45) is 0.578. The first-order chi connectivity index (χ1) is 7.70. The topological polar surface area (TPSA) is 57.2 Å². The van der Waals surface area contributed by atoms with Gasteiger partial charge in [-0.2, -0.15) is 9.51 Å². The molecule has 0 aromatic heterocycles. The van der Waals surface area contributed by atoms with E-state index in [1.54, 1.807) is 19.1 Å². The van der Waals surface area contributed by atoms with Crippen molar-refractivity contribution in [3.05, 3.63) is 42.5 Å². The quantitative estimate of drug-likeness (QED) is 0.829. The molecule has 1 aliphatic heterocycles. The third-order valence-electron chi connectivity index (χ3n) is 2.08. The van der Waals surface area contributed by atoms with Crippen molar-refractivity contribution < 1.29 is 4.39 Å². The summed E-state index contributed by atoms with van der Waals surface area (Å²) < 4.78 is 13.7. The molecule has 92 valence electrons. The molecule has 2 rings (SSSR count). The number of rotatable bonds is 2. The van der Waals surface area contributed by atoms with Crippen molar-refractivity contribution in [3.8, 4) is 0 Å². The highest BCUT2D eigenvalue weighted by molar-refractivity contribution is 5.85. The van der Waals surface area contributed by atoms with Crippen molar-refractivity contribution in [1.29, 1.82) is 0 Å². The molecule has 0 amide bonds. The number of para-hydroxylation sites is 1. The second-order valence-corrected chi connectivity index (χ2v) is 3.37. The lowest BCUT2D eigenvalue weighted by molar-refractivity contribution is 0.177. The molecule has 0 saturated carbocycles. The highest BCUT2D eigenvalue weighted by atomic mass is 35.5. The Hall–Kier alpha value is -1.66. The van der Waals surface area contributed by atoms with E-state index in [0.29, 0.717) is 5.69 Å². The van der Waals surface area contributed by atoms with Crippen LogP contribution in [0.15, 0.2) is 52.8 Å². The molecule has 1 aromatic rings. The van der Waals surface area contributed by atoms with E-state index in [9.17, 15) is 4.39 Å². The molecule has 2 N–H and O–H groups in total. The van der Waals surface area contributed by atoms with E-state index in [-0.39, 0.29) is 12.4 Å². The predicted molar refractivity (Wildman–Crippen MR) is 65.7 cm³/mol.